The van der Waals surface area contributed by atoms with Gasteiger partial charge in [0.05, 0.1) is 44.2 Å². The lowest BCUT2D eigenvalue weighted by molar-refractivity contribution is -0.0807. The van der Waals surface area contributed by atoms with Gasteiger partial charge in [-0.2, -0.15) is 0 Å². The van der Waals surface area contributed by atoms with Crippen LogP contribution in [-0.2, 0) is 42.5 Å². The zero-order chi connectivity index (χ0) is 51.0. The zero-order valence-corrected chi connectivity index (χ0v) is 41.0. The third-order valence-electron chi connectivity index (χ3n) is 11.0. The number of aromatic nitrogens is 8. The summed E-state index contributed by atoms with van der Waals surface area (Å²) in [6.07, 6.45) is -4.13. The minimum absolute atomic E-state index is 0.0700. The number of carbonyl (C=O) groups is 2. The number of anilines is 2. The summed E-state index contributed by atoms with van der Waals surface area (Å²) in [5.74, 6) is -2.27. The molecule has 0 radical (unpaired) electrons. The van der Waals surface area contributed by atoms with Gasteiger partial charge in [0.25, 0.3) is 28.3 Å². The molecule has 2 fully saturated rings. The second kappa shape index (κ2) is 23.1. The first-order chi connectivity index (χ1) is 34.6. The van der Waals surface area contributed by atoms with Crippen LogP contribution in [0.1, 0.15) is 73.7 Å². The number of rotatable bonds is 22. The number of halogens is 2. The Bertz CT molecular complexity index is 3060. The van der Waals surface area contributed by atoms with Crippen molar-refractivity contribution in [2.24, 2.45) is 4.15 Å². The fraction of sp³-hybridized carbons (Fsp3) is 0.444. The van der Waals surface area contributed by atoms with E-state index in [0.29, 0.717) is 16.8 Å². The normalized spacial score (nSPS) is 21.1. The Morgan fingerprint density at radius 2 is 1.31 bits per heavy atom. The van der Waals surface area contributed by atoms with Gasteiger partial charge in [0.1, 0.15) is 55.8 Å². The minimum Gasteiger partial charge on any atom is -0.376 e. The van der Waals surface area contributed by atoms with Gasteiger partial charge in [-0.15, -0.1) is 4.15 Å². The topological polar surface area (TPSA) is 261 Å². The van der Waals surface area contributed by atoms with E-state index in [0.717, 1.165) is 0 Å². The van der Waals surface area contributed by atoms with Crippen molar-refractivity contribution >= 4 is 63.5 Å². The molecule has 27 heteroatoms. The van der Waals surface area contributed by atoms with Crippen molar-refractivity contribution in [3.63, 3.8) is 0 Å². The number of alkyl halides is 2. The molecule has 4 aromatic heterocycles. The molecule has 2 aliphatic rings. The second-order valence-electron chi connectivity index (χ2n) is 16.9. The van der Waals surface area contributed by atoms with Crippen LogP contribution in [0, 0.1) is 6.57 Å². The number of nitrogens with one attached hydrogen (secondary N) is 2. The van der Waals surface area contributed by atoms with Gasteiger partial charge in [-0.05, 0) is 52.0 Å². The summed E-state index contributed by atoms with van der Waals surface area (Å²) < 4.78 is 106. The second-order valence-corrected chi connectivity index (χ2v) is 20.7. The summed E-state index contributed by atoms with van der Waals surface area (Å²) in [7, 11) is -9.76. The predicted molar refractivity (Wildman–Crippen MR) is 255 cm³/mol. The van der Waals surface area contributed by atoms with Gasteiger partial charge in [0.2, 0.25) is 6.54 Å². The van der Waals surface area contributed by atoms with Crippen LogP contribution in [0.4, 0.5) is 20.4 Å². The molecule has 8 rings (SSSR count). The highest BCUT2D eigenvalue weighted by Crippen LogP contribution is 2.58. The third kappa shape index (κ3) is 12.7. The number of sulfonamides is 1. The molecule has 6 heterocycles. The molecular weight excluding hydrogens is 986 g/mol. The van der Waals surface area contributed by atoms with E-state index in [1.165, 1.54) is 25.3 Å². The van der Waals surface area contributed by atoms with Crippen molar-refractivity contribution in [2.45, 2.75) is 96.0 Å². The van der Waals surface area contributed by atoms with E-state index in [4.69, 9.17) is 39.1 Å². The third-order valence-corrected chi connectivity index (χ3v) is 15.0. The number of fused-ring (bicyclic) bond motifs is 2. The van der Waals surface area contributed by atoms with Gasteiger partial charge in [-0.3, -0.25) is 32.3 Å². The average Bonchev–Trinajstić information content (AvgIpc) is 4.16. The molecule has 2 aliphatic heterocycles. The highest BCUT2D eigenvalue weighted by atomic mass is 32.2. The number of hydrogen-bond acceptors (Lipinski definition) is 17. The maximum atomic E-state index is 13.9. The van der Waals surface area contributed by atoms with Crippen molar-refractivity contribution in [3.05, 3.63) is 109 Å². The molecule has 382 valence electrons. The maximum absolute atomic E-state index is 13.9. The van der Waals surface area contributed by atoms with Crippen LogP contribution in [0.25, 0.3) is 27.2 Å². The molecule has 7 atom stereocenters. The summed E-state index contributed by atoms with van der Waals surface area (Å²) >= 11 is 0. The fourth-order valence-electron chi connectivity index (χ4n) is 7.83. The van der Waals surface area contributed by atoms with E-state index in [-0.39, 0.29) is 66.5 Å². The quantitative estimate of drug-likeness (QED) is 0.0400. The molecule has 2 N–H and O–H groups in total. The smallest absolute Gasteiger partial charge is 0.371 e. The summed E-state index contributed by atoms with van der Waals surface area (Å²) in [6.45, 7) is 13.2. The van der Waals surface area contributed by atoms with E-state index in [1.54, 1.807) is 97.5 Å². The van der Waals surface area contributed by atoms with Crippen LogP contribution in [-0.4, -0.2) is 134 Å². The van der Waals surface area contributed by atoms with Crippen LogP contribution < -0.4 is 10.6 Å². The van der Waals surface area contributed by atoms with E-state index >= 15 is 0 Å². The summed E-state index contributed by atoms with van der Waals surface area (Å²) in [5, 5.41) is 5.54. The standard InChI is InChI=1S/C45H51F2N12O11PS/c1-27(2)64-20-33-32(19-37(68-33)59-26-54-39-41(50-24-52-43(39)59)56-45(61)30-14-10-7-11-15-30)70-71(65-17-16-48-5,57-72(62,63)22-35(46)47)66-21-34-31(67-28(3)4)18-36(69-34)58-25-53-38-40(49-23-51-42(38)58)55-44(60)29-12-8-6-9-13-29/h6-15,23-28,31-37H,16-22H2,1-4H3,(H,49,51,55,60)(H,50,52,56,61)/t31-,32-,33?,34?,36?,37?,71?/m1/s1. The predicted octanol–water partition coefficient (Wildman–Crippen LogP) is 6.84. The van der Waals surface area contributed by atoms with Crippen LogP contribution in [0.3, 0.4) is 0 Å². The van der Waals surface area contributed by atoms with Gasteiger partial charge in [-0.1, -0.05) is 36.4 Å². The Hall–Kier alpha value is -6.27. The lowest BCUT2D eigenvalue weighted by atomic mass is 10.2. The SMILES string of the molecule is [C-]#[N+]CCOP(=NS(=O)(=O)CC(F)F)(OCC1OC(n2cnc3c(NC(=O)c4ccccc4)ncnc32)C[C@H]1OC(C)C)O[C@@H]1CC(n2cnc3c(NC(=O)c4ccccc4)ncnc32)OC1COC(C)C. The van der Waals surface area contributed by atoms with Crippen molar-refractivity contribution < 1.29 is 59.3 Å². The number of amides is 2. The number of nitrogens with zero attached hydrogens (tertiary/aromatic N) is 10. The van der Waals surface area contributed by atoms with Gasteiger partial charge in [-0.25, -0.2) is 53.7 Å². The van der Waals surface area contributed by atoms with Crippen molar-refractivity contribution in [1.82, 2.24) is 39.0 Å². The molecule has 23 nitrogen and oxygen atoms in total. The highest BCUT2D eigenvalue weighted by molar-refractivity contribution is 7.93. The van der Waals surface area contributed by atoms with Crippen LogP contribution >= 0.6 is 7.74 Å². The number of ether oxygens (including phenoxy) is 4. The largest absolute Gasteiger partial charge is 0.376 e. The Balaban J connectivity index is 1.09. The lowest BCUT2D eigenvalue weighted by Crippen LogP contribution is -2.33. The molecule has 2 aromatic carbocycles. The van der Waals surface area contributed by atoms with Crippen molar-refractivity contribution in [3.8, 4) is 0 Å². The first kappa shape index (κ1) is 52.1. The molecule has 2 saturated heterocycles. The van der Waals surface area contributed by atoms with Crippen molar-refractivity contribution in [2.75, 3.05) is 42.8 Å². The fourth-order valence-corrected chi connectivity index (χ4v) is 11.6. The Labute approximate surface area is 412 Å². The van der Waals surface area contributed by atoms with Gasteiger partial charge in [0, 0.05) is 24.0 Å². The number of benzene rings is 2. The van der Waals surface area contributed by atoms with E-state index in [1.807, 2.05) is 0 Å². The summed E-state index contributed by atoms with van der Waals surface area (Å²) in [6, 6.07) is 17.0. The minimum atomic E-state index is -5.06. The Morgan fingerprint density at radius 1 is 0.778 bits per heavy atom. The Kier molecular flexibility index (Phi) is 16.7. The summed E-state index contributed by atoms with van der Waals surface area (Å²) in [4.78, 5) is 55.8. The zero-order valence-electron chi connectivity index (χ0n) is 39.3. The summed E-state index contributed by atoms with van der Waals surface area (Å²) in [5.41, 5.74) is 1.84. The molecule has 5 unspecified atom stereocenters. The molecule has 6 aromatic rings. The monoisotopic (exact) mass is 1040 g/mol. The number of hydrogen-bond donors (Lipinski definition) is 2. The molecule has 0 aliphatic carbocycles. The van der Waals surface area contributed by atoms with Gasteiger partial charge in [0.15, 0.2) is 34.0 Å². The van der Waals surface area contributed by atoms with Crippen LogP contribution in [0.2, 0.25) is 0 Å². The molecular formula is C45H51F2N12O11PS. The maximum Gasteiger partial charge on any atom is 0.371 e. The highest BCUT2D eigenvalue weighted by Gasteiger charge is 2.46. The molecule has 0 spiro atoms. The first-order valence-corrected chi connectivity index (χ1v) is 25.8. The number of carbonyl (C=O) groups excluding carboxylic acids is 2. The molecule has 0 saturated carbocycles. The van der Waals surface area contributed by atoms with Gasteiger partial charge >= 0.3 is 7.74 Å². The molecule has 72 heavy (non-hydrogen) atoms. The van der Waals surface area contributed by atoms with Crippen molar-refractivity contribution in [1.29, 1.82) is 0 Å². The first-order valence-electron chi connectivity index (χ1n) is 22.7. The average molecular weight is 1040 g/mol. The van der Waals surface area contributed by atoms with Crippen LogP contribution in [0.5, 0.6) is 0 Å². The lowest BCUT2D eigenvalue weighted by Gasteiger charge is -2.29. The van der Waals surface area contributed by atoms with E-state index in [2.05, 4.69) is 49.5 Å². The van der Waals surface area contributed by atoms with Gasteiger partial charge < -0.3 is 34.4 Å². The van der Waals surface area contributed by atoms with Crippen LogP contribution in [0.15, 0.2) is 90.1 Å². The van der Waals surface area contributed by atoms with E-state index < -0.39 is 91.8 Å². The molecule has 2 amide bonds. The molecule has 0 bridgehead atoms. The Morgan fingerprint density at radius 3 is 1.81 bits per heavy atom. The van der Waals surface area contributed by atoms with E-state index in [9.17, 15) is 26.8 Å². The number of imidazole rings is 2.